The number of rotatable bonds is 13. The van der Waals surface area contributed by atoms with Crippen molar-refractivity contribution in [1.29, 1.82) is 0 Å². The molecule has 0 aliphatic heterocycles. The van der Waals surface area contributed by atoms with E-state index in [1.165, 1.54) is 23.1 Å². The first-order chi connectivity index (χ1) is 23.8. The van der Waals surface area contributed by atoms with Crippen LogP contribution in [0, 0.1) is 0 Å². The number of anilines is 2. The molecule has 0 aliphatic carbocycles. The molecular formula is C37H31BrN4O5S2. The van der Waals surface area contributed by atoms with Crippen LogP contribution in [0.5, 0.6) is 0 Å². The van der Waals surface area contributed by atoms with Gasteiger partial charge in [-0.1, -0.05) is 82.7 Å². The molecule has 1 atom stereocenters. The molecule has 3 amide bonds. The number of benzene rings is 4. The highest BCUT2D eigenvalue weighted by atomic mass is 79.9. The van der Waals surface area contributed by atoms with Gasteiger partial charge in [-0.15, -0.1) is 23.1 Å². The van der Waals surface area contributed by atoms with E-state index < -0.39 is 17.1 Å². The van der Waals surface area contributed by atoms with Crippen LogP contribution in [0.15, 0.2) is 130 Å². The molecule has 1 aromatic heterocycles. The number of halogens is 1. The van der Waals surface area contributed by atoms with E-state index in [0.717, 1.165) is 14.9 Å². The maximum atomic E-state index is 13.6. The second kappa shape index (κ2) is 17.4. The first-order valence-electron chi connectivity index (χ1n) is 15.1. The van der Waals surface area contributed by atoms with Gasteiger partial charge in [0.2, 0.25) is 5.91 Å². The van der Waals surface area contributed by atoms with Gasteiger partial charge in [-0.05, 0) is 66.6 Å². The standard InChI is InChI=1S/C37H31BrN4O5S2/c1-2-47-32(43)22-29-23-48-37(40-29)42-36(46)33(25-12-5-3-6-13-25)49-30-18-10-17-28(21-30)39-35(45)31(20-24-11-9-16-27(38)19-24)41-34(44)26-14-7-4-8-15-26/h3-21,23,33H,2,22H2,1H3,(H,39,45)(H,41,44)(H,40,42,46)/b31-20+. The zero-order valence-corrected chi connectivity index (χ0v) is 29.4. The lowest BCUT2D eigenvalue weighted by Gasteiger charge is -2.17. The van der Waals surface area contributed by atoms with Crippen molar-refractivity contribution < 1.29 is 23.9 Å². The van der Waals surface area contributed by atoms with Gasteiger partial charge >= 0.3 is 5.97 Å². The van der Waals surface area contributed by atoms with Crippen LogP contribution in [0.25, 0.3) is 6.08 Å². The van der Waals surface area contributed by atoms with Crippen molar-refractivity contribution in [3.63, 3.8) is 0 Å². The first-order valence-corrected chi connectivity index (χ1v) is 17.7. The number of carbonyl (C=O) groups excluding carboxylic acids is 4. The topological polar surface area (TPSA) is 126 Å². The van der Waals surface area contributed by atoms with Gasteiger partial charge in [0.25, 0.3) is 11.8 Å². The number of amides is 3. The lowest BCUT2D eigenvalue weighted by Crippen LogP contribution is -2.30. The van der Waals surface area contributed by atoms with Crippen molar-refractivity contribution in [3.05, 3.63) is 147 Å². The second-order valence-corrected chi connectivity index (χ2v) is 13.4. The third kappa shape index (κ3) is 10.5. The Balaban J connectivity index is 1.34. The van der Waals surface area contributed by atoms with E-state index in [-0.39, 0.29) is 30.6 Å². The van der Waals surface area contributed by atoms with Crippen molar-refractivity contribution in [2.24, 2.45) is 0 Å². The molecule has 4 aromatic carbocycles. The number of hydrogen-bond acceptors (Lipinski definition) is 8. The maximum Gasteiger partial charge on any atom is 0.311 e. The van der Waals surface area contributed by atoms with Crippen LogP contribution in [-0.4, -0.2) is 35.3 Å². The van der Waals surface area contributed by atoms with Gasteiger partial charge in [0.1, 0.15) is 10.9 Å². The predicted octanol–water partition coefficient (Wildman–Crippen LogP) is 7.89. The quantitative estimate of drug-likeness (QED) is 0.0634. The number of thiazole rings is 1. The molecule has 9 nitrogen and oxygen atoms in total. The van der Waals surface area contributed by atoms with E-state index in [1.54, 1.807) is 60.8 Å². The van der Waals surface area contributed by atoms with Gasteiger partial charge in [0, 0.05) is 26.0 Å². The zero-order chi connectivity index (χ0) is 34.6. The largest absolute Gasteiger partial charge is 0.466 e. The lowest BCUT2D eigenvalue weighted by atomic mass is 10.1. The van der Waals surface area contributed by atoms with Gasteiger partial charge in [-0.2, -0.15) is 0 Å². The fourth-order valence-electron chi connectivity index (χ4n) is 4.56. The van der Waals surface area contributed by atoms with Crippen molar-refractivity contribution in [3.8, 4) is 0 Å². The third-order valence-corrected chi connectivity index (χ3v) is 9.34. The maximum absolute atomic E-state index is 13.6. The summed E-state index contributed by atoms with van der Waals surface area (Å²) < 4.78 is 5.82. The summed E-state index contributed by atoms with van der Waals surface area (Å²) in [6.45, 7) is 2.02. The minimum atomic E-state index is -0.665. The molecule has 0 saturated heterocycles. The van der Waals surface area contributed by atoms with Gasteiger partial charge in [-0.3, -0.25) is 19.2 Å². The zero-order valence-electron chi connectivity index (χ0n) is 26.2. The normalized spacial score (nSPS) is 11.7. The molecule has 12 heteroatoms. The summed E-state index contributed by atoms with van der Waals surface area (Å²) in [4.78, 5) is 57.3. The molecule has 0 radical (unpaired) electrons. The molecule has 49 heavy (non-hydrogen) atoms. The number of ether oxygens (including phenoxy) is 1. The Morgan fingerprint density at radius 1 is 0.898 bits per heavy atom. The summed E-state index contributed by atoms with van der Waals surface area (Å²) in [5, 5.41) is 9.94. The molecule has 0 fully saturated rings. The molecular weight excluding hydrogens is 724 g/mol. The van der Waals surface area contributed by atoms with E-state index in [1.807, 2.05) is 66.7 Å². The van der Waals surface area contributed by atoms with Gasteiger partial charge in [0.15, 0.2) is 5.13 Å². The molecule has 3 N–H and O–H groups in total. The Morgan fingerprint density at radius 2 is 1.63 bits per heavy atom. The average Bonchev–Trinajstić information content (AvgIpc) is 3.54. The summed E-state index contributed by atoms with van der Waals surface area (Å²) in [6.07, 6.45) is 1.62. The van der Waals surface area contributed by atoms with E-state index in [2.05, 4.69) is 36.9 Å². The SMILES string of the molecule is CCOC(=O)Cc1csc(NC(=O)C(Sc2cccc(NC(=O)/C(=C\c3cccc(Br)c3)NC(=O)c3ccccc3)c2)c2ccccc2)n1. The summed E-state index contributed by atoms with van der Waals surface area (Å²) in [5.41, 5.74) is 2.93. The number of nitrogens with zero attached hydrogens (tertiary/aromatic N) is 1. The number of carbonyl (C=O) groups is 4. The second-order valence-electron chi connectivity index (χ2n) is 10.4. The van der Waals surface area contributed by atoms with E-state index in [9.17, 15) is 19.2 Å². The van der Waals surface area contributed by atoms with Crippen LogP contribution in [0.1, 0.15) is 39.4 Å². The van der Waals surface area contributed by atoms with E-state index >= 15 is 0 Å². The van der Waals surface area contributed by atoms with E-state index in [4.69, 9.17) is 4.74 Å². The van der Waals surface area contributed by atoms with Crippen molar-refractivity contribution in [1.82, 2.24) is 10.3 Å². The Morgan fingerprint density at radius 3 is 2.37 bits per heavy atom. The Hall–Kier alpha value is -5.04. The van der Waals surface area contributed by atoms with E-state index in [0.29, 0.717) is 27.6 Å². The molecule has 1 unspecified atom stereocenters. The highest BCUT2D eigenvalue weighted by Crippen LogP contribution is 2.37. The number of thioether (sulfide) groups is 1. The summed E-state index contributed by atoms with van der Waals surface area (Å²) in [5.74, 6) is -1.63. The minimum Gasteiger partial charge on any atom is -0.466 e. The lowest BCUT2D eigenvalue weighted by molar-refractivity contribution is -0.142. The van der Waals surface area contributed by atoms with Crippen LogP contribution in [-0.2, 0) is 25.5 Å². The van der Waals surface area contributed by atoms with Crippen molar-refractivity contribution in [2.45, 2.75) is 23.5 Å². The summed E-state index contributed by atoms with van der Waals surface area (Å²) in [7, 11) is 0. The van der Waals surface area contributed by atoms with Crippen molar-refractivity contribution in [2.75, 3.05) is 17.2 Å². The third-order valence-electron chi connectivity index (χ3n) is 6.79. The van der Waals surface area contributed by atoms with Gasteiger partial charge < -0.3 is 20.7 Å². The van der Waals surface area contributed by atoms with Crippen LogP contribution in [0.2, 0.25) is 0 Å². The highest BCUT2D eigenvalue weighted by molar-refractivity contribution is 9.10. The van der Waals surface area contributed by atoms with Crippen LogP contribution in [0.3, 0.4) is 0 Å². The smallest absolute Gasteiger partial charge is 0.311 e. The molecule has 0 spiro atoms. The fourth-order valence-corrected chi connectivity index (χ4v) is 6.78. The molecule has 0 bridgehead atoms. The highest BCUT2D eigenvalue weighted by Gasteiger charge is 2.24. The summed E-state index contributed by atoms with van der Waals surface area (Å²) in [6, 6.07) is 32.4. The Labute approximate surface area is 300 Å². The summed E-state index contributed by atoms with van der Waals surface area (Å²) >= 11 is 5.98. The number of hydrogen-bond donors (Lipinski definition) is 3. The molecule has 0 saturated carbocycles. The molecule has 1 heterocycles. The predicted molar refractivity (Wildman–Crippen MR) is 197 cm³/mol. The van der Waals surface area contributed by atoms with Crippen LogP contribution < -0.4 is 16.0 Å². The molecule has 5 aromatic rings. The van der Waals surface area contributed by atoms with Gasteiger partial charge in [-0.25, -0.2) is 4.98 Å². The molecule has 0 aliphatic rings. The van der Waals surface area contributed by atoms with Crippen molar-refractivity contribution >= 4 is 79.6 Å². The number of esters is 1. The average molecular weight is 756 g/mol. The van der Waals surface area contributed by atoms with Crippen LogP contribution in [0.4, 0.5) is 10.8 Å². The monoisotopic (exact) mass is 754 g/mol. The minimum absolute atomic E-state index is 0.0192. The van der Waals surface area contributed by atoms with Crippen LogP contribution >= 0.6 is 39.0 Å². The first kappa shape index (κ1) is 35.3. The molecule has 5 rings (SSSR count). The van der Waals surface area contributed by atoms with Gasteiger partial charge in [0.05, 0.1) is 18.7 Å². The molecule has 248 valence electrons. The Kier molecular flexibility index (Phi) is 12.5. The Bertz CT molecular complexity index is 1970. The fraction of sp³-hybridized carbons (Fsp3) is 0.108. The number of aromatic nitrogens is 1. The number of nitrogens with one attached hydrogen (secondary N) is 3.